The number of rotatable bonds is 8. The molecule has 0 spiro atoms. The summed E-state index contributed by atoms with van der Waals surface area (Å²) in [5, 5.41) is 11.2. The van der Waals surface area contributed by atoms with Crippen molar-refractivity contribution in [3.63, 3.8) is 0 Å². The normalized spacial score (nSPS) is 12.4. The number of aromatic nitrogens is 4. The van der Waals surface area contributed by atoms with E-state index in [-0.39, 0.29) is 18.5 Å². The van der Waals surface area contributed by atoms with Gasteiger partial charge in [0.25, 0.3) is 0 Å². The van der Waals surface area contributed by atoms with E-state index in [0.29, 0.717) is 42.6 Å². The molecule has 0 saturated heterocycles. The second kappa shape index (κ2) is 9.57. The van der Waals surface area contributed by atoms with Crippen molar-refractivity contribution in [3.05, 3.63) is 78.0 Å². The zero-order valence-electron chi connectivity index (χ0n) is 18.1. The Balaban J connectivity index is 1.16. The molecule has 5 rings (SSSR count). The van der Waals surface area contributed by atoms with Gasteiger partial charge in [0.15, 0.2) is 17.1 Å². The van der Waals surface area contributed by atoms with Crippen LogP contribution in [0.3, 0.4) is 0 Å². The number of carbonyl (C=O) groups excluding carboxylic acids is 1. The van der Waals surface area contributed by atoms with Crippen molar-refractivity contribution in [1.82, 2.24) is 25.1 Å². The molecular formula is C24H21FN6O3. The molecule has 0 unspecified atom stereocenters. The van der Waals surface area contributed by atoms with Gasteiger partial charge < -0.3 is 20.1 Å². The number of anilines is 1. The lowest BCUT2D eigenvalue weighted by Gasteiger charge is -2.07. The highest BCUT2D eigenvalue weighted by atomic mass is 19.1. The van der Waals surface area contributed by atoms with E-state index in [1.807, 2.05) is 18.2 Å². The molecule has 0 bridgehead atoms. The molecule has 172 valence electrons. The lowest BCUT2D eigenvalue weighted by Crippen LogP contribution is -2.25. The third-order valence-corrected chi connectivity index (χ3v) is 5.25. The Hall–Kier alpha value is -4.47. The Kier molecular flexibility index (Phi) is 6.02. The van der Waals surface area contributed by atoms with Crippen LogP contribution in [0.25, 0.3) is 17.1 Å². The van der Waals surface area contributed by atoms with Crippen molar-refractivity contribution in [2.75, 3.05) is 18.7 Å². The standard InChI is InChI=1S/C24H21FN6O3/c25-18-5-1-17(2-6-18)12-27-23-19-13-30-31(24(19)29-14-28-23)10-9-26-22(32)8-4-16-3-7-20-21(11-16)34-15-33-20/h1-8,11,13-14H,9-10,12,15H2,(H,26,32)(H,27,28,29)/b8-4+. The van der Waals surface area contributed by atoms with Gasteiger partial charge in [-0.2, -0.15) is 5.10 Å². The molecule has 2 aromatic heterocycles. The number of amides is 1. The first-order valence-electron chi connectivity index (χ1n) is 10.7. The molecule has 3 heterocycles. The Labute approximate surface area is 194 Å². The van der Waals surface area contributed by atoms with Crippen molar-refractivity contribution in [2.24, 2.45) is 0 Å². The molecule has 1 amide bonds. The lowest BCUT2D eigenvalue weighted by atomic mass is 10.2. The molecule has 0 atom stereocenters. The molecule has 4 aromatic rings. The highest BCUT2D eigenvalue weighted by Crippen LogP contribution is 2.32. The van der Waals surface area contributed by atoms with E-state index in [4.69, 9.17) is 9.47 Å². The van der Waals surface area contributed by atoms with Gasteiger partial charge in [0, 0.05) is 19.2 Å². The third-order valence-electron chi connectivity index (χ3n) is 5.25. The zero-order chi connectivity index (χ0) is 23.3. The Morgan fingerprint density at radius 1 is 1.12 bits per heavy atom. The fourth-order valence-electron chi connectivity index (χ4n) is 3.52. The first-order valence-corrected chi connectivity index (χ1v) is 10.7. The van der Waals surface area contributed by atoms with Crippen LogP contribution in [0.4, 0.5) is 10.2 Å². The van der Waals surface area contributed by atoms with Gasteiger partial charge in [-0.25, -0.2) is 19.0 Å². The molecule has 10 heteroatoms. The number of hydrogen-bond acceptors (Lipinski definition) is 7. The molecular weight excluding hydrogens is 439 g/mol. The smallest absolute Gasteiger partial charge is 0.244 e. The van der Waals surface area contributed by atoms with Crippen molar-refractivity contribution in [1.29, 1.82) is 0 Å². The van der Waals surface area contributed by atoms with Gasteiger partial charge in [-0.15, -0.1) is 0 Å². The molecule has 2 N–H and O–H groups in total. The van der Waals surface area contributed by atoms with Crippen LogP contribution in [0.1, 0.15) is 11.1 Å². The second-order valence-corrected chi connectivity index (χ2v) is 7.54. The number of carbonyl (C=O) groups is 1. The van der Waals surface area contributed by atoms with Gasteiger partial charge in [-0.05, 0) is 41.5 Å². The quantitative estimate of drug-likeness (QED) is 0.390. The minimum absolute atomic E-state index is 0.210. The molecule has 0 fully saturated rings. The number of nitrogens with one attached hydrogen (secondary N) is 2. The van der Waals surface area contributed by atoms with Crippen LogP contribution in [0, 0.1) is 5.82 Å². The van der Waals surface area contributed by atoms with Crippen LogP contribution in [-0.4, -0.2) is 39.0 Å². The highest BCUT2D eigenvalue weighted by molar-refractivity contribution is 5.91. The van der Waals surface area contributed by atoms with Crippen LogP contribution < -0.4 is 20.1 Å². The molecule has 1 aliphatic heterocycles. The lowest BCUT2D eigenvalue weighted by molar-refractivity contribution is -0.116. The fraction of sp³-hybridized carbons (Fsp3) is 0.167. The van der Waals surface area contributed by atoms with E-state index in [1.165, 1.54) is 24.5 Å². The molecule has 2 aromatic carbocycles. The van der Waals surface area contributed by atoms with Crippen LogP contribution >= 0.6 is 0 Å². The molecule has 0 radical (unpaired) electrons. The van der Waals surface area contributed by atoms with Crippen LogP contribution in [0.5, 0.6) is 11.5 Å². The van der Waals surface area contributed by atoms with Gasteiger partial charge in [0.1, 0.15) is 18.0 Å². The molecule has 0 saturated carbocycles. The van der Waals surface area contributed by atoms with Gasteiger partial charge in [-0.1, -0.05) is 18.2 Å². The SMILES string of the molecule is O=C(/C=C/c1ccc2c(c1)OCO2)NCCn1ncc2c(NCc3ccc(F)cc3)ncnc21. The van der Waals surface area contributed by atoms with E-state index in [9.17, 15) is 9.18 Å². The number of halogens is 1. The Morgan fingerprint density at radius 2 is 1.97 bits per heavy atom. The largest absolute Gasteiger partial charge is 0.454 e. The van der Waals surface area contributed by atoms with Gasteiger partial charge in [-0.3, -0.25) is 4.79 Å². The van der Waals surface area contributed by atoms with Crippen molar-refractivity contribution < 1.29 is 18.7 Å². The van der Waals surface area contributed by atoms with Gasteiger partial charge >= 0.3 is 0 Å². The molecule has 34 heavy (non-hydrogen) atoms. The second-order valence-electron chi connectivity index (χ2n) is 7.54. The van der Waals surface area contributed by atoms with E-state index in [1.54, 1.807) is 29.1 Å². The maximum atomic E-state index is 13.1. The Morgan fingerprint density at radius 3 is 2.85 bits per heavy atom. The van der Waals surface area contributed by atoms with Crippen molar-refractivity contribution >= 4 is 28.8 Å². The Bertz CT molecular complexity index is 1350. The number of benzene rings is 2. The average Bonchev–Trinajstić information content (AvgIpc) is 3.49. The topological polar surface area (TPSA) is 103 Å². The summed E-state index contributed by atoms with van der Waals surface area (Å²) in [6.45, 7) is 1.52. The van der Waals surface area contributed by atoms with E-state index < -0.39 is 0 Å². The number of nitrogens with zero attached hydrogens (tertiary/aromatic N) is 4. The van der Waals surface area contributed by atoms with Crippen molar-refractivity contribution in [2.45, 2.75) is 13.1 Å². The van der Waals surface area contributed by atoms with Gasteiger partial charge in [0.2, 0.25) is 12.7 Å². The third kappa shape index (κ3) is 4.80. The summed E-state index contributed by atoms with van der Waals surface area (Å²) < 4.78 is 25.4. The first-order chi connectivity index (χ1) is 16.7. The summed E-state index contributed by atoms with van der Waals surface area (Å²) in [6, 6.07) is 11.8. The fourth-order valence-corrected chi connectivity index (χ4v) is 3.52. The predicted molar refractivity (Wildman–Crippen MR) is 124 cm³/mol. The minimum atomic E-state index is -0.273. The number of ether oxygens (including phenoxy) is 2. The van der Waals surface area contributed by atoms with Crippen LogP contribution in [0.15, 0.2) is 61.1 Å². The highest BCUT2D eigenvalue weighted by Gasteiger charge is 2.12. The zero-order valence-corrected chi connectivity index (χ0v) is 18.1. The number of fused-ring (bicyclic) bond motifs is 2. The summed E-state index contributed by atoms with van der Waals surface area (Å²) in [7, 11) is 0. The van der Waals surface area contributed by atoms with Crippen LogP contribution in [0.2, 0.25) is 0 Å². The monoisotopic (exact) mass is 460 g/mol. The minimum Gasteiger partial charge on any atom is -0.454 e. The summed E-state index contributed by atoms with van der Waals surface area (Å²) >= 11 is 0. The summed E-state index contributed by atoms with van der Waals surface area (Å²) in [5.41, 5.74) is 2.42. The summed E-state index contributed by atoms with van der Waals surface area (Å²) in [5.74, 6) is 1.51. The van der Waals surface area contributed by atoms with E-state index in [2.05, 4.69) is 25.7 Å². The molecule has 0 aliphatic carbocycles. The van der Waals surface area contributed by atoms with E-state index in [0.717, 1.165) is 16.5 Å². The van der Waals surface area contributed by atoms with Crippen LogP contribution in [-0.2, 0) is 17.9 Å². The average molecular weight is 460 g/mol. The van der Waals surface area contributed by atoms with E-state index >= 15 is 0 Å². The molecule has 1 aliphatic rings. The summed E-state index contributed by atoms with van der Waals surface area (Å²) in [6.07, 6.45) is 6.33. The molecule has 9 nitrogen and oxygen atoms in total. The number of hydrogen-bond donors (Lipinski definition) is 2. The first kappa shape index (κ1) is 21.4. The predicted octanol–water partition coefficient (Wildman–Crippen LogP) is 3.14. The maximum Gasteiger partial charge on any atom is 0.244 e. The van der Waals surface area contributed by atoms with Gasteiger partial charge in [0.05, 0.1) is 18.1 Å². The van der Waals surface area contributed by atoms with Crippen molar-refractivity contribution in [3.8, 4) is 11.5 Å². The summed E-state index contributed by atoms with van der Waals surface area (Å²) in [4.78, 5) is 20.8. The maximum absolute atomic E-state index is 13.1.